The van der Waals surface area contributed by atoms with Crippen molar-refractivity contribution in [2.24, 2.45) is 0 Å². The number of pyridine rings is 1. The average molecular weight is 432 g/mol. The predicted molar refractivity (Wildman–Crippen MR) is 115 cm³/mol. The highest BCUT2D eigenvalue weighted by Crippen LogP contribution is 2.27. The van der Waals surface area contributed by atoms with E-state index in [9.17, 15) is 8.42 Å². The van der Waals surface area contributed by atoms with E-state index in [0.717, 1.165) is 28.2 Å². The van der Waals surface area contributed by atoms with Crippen molar-refractivity contribution in [1.82, 2.24) is 19.1 Å². The summed E-state index contributed by atoms with van der Waals surface area (Å²) in [5, 5.41) is 5.17. The molecular weight excluding hydrogens is 406 g/mol. The molecule has 1 fully saturated rings. The Morgan fingerprint density at radius 3 is 2.73 bits per heavy atom. The Morgan fingerprint density at radius 2 is 2.00 bits per heavy atom. The highest BCUT2D eigenvalue weighted by Gasteiger charge is 2.39. The van der Waals surface area contributed by atoms with Crippen LogP contribution in [0.3, 0.4) is 0 Å². The van der Waals surface area contributed by atoms with Crippen molar-refractivity contribution in [3.05, 3.63) is 42.7 Å². The number of nitrogens with zero attached hydrogens (tertiary/aromatic N) is 5. The molecule has 30 heavy (non-hydrogen) atoms. The lowest BCUT2D eigenvalue weighted by Gasteiger charge is -2.40. The zero-order chi connectivity index (χ0) is 21.3. The van der Waals surface area contributed by atoms with E-state index in [2.05, 4.69) is 10.1 Å². The number of hydrogen-bond acceptors (Lipinski definition) is 7. The Hall–Kier alpha value is -2.69. The second-order valence-corrected chi connectivity index (χ2v) is 9.79. The minimum Gasteiger partial charge on any atom is -0.491 e. The summed E-state index contributed by atoms with van der Waals surface area (Å²) in [6, 6.07) is 9.57. The monoisotopic (exact) mass is 431 g/mol. The van der Waals surface area contributed by atoms with Gasteiger partial charge in [-0.2, -0.15) is 5.10 Å². The highest BCUT2D eigenvalue weighted by atomic mass is 32.2. The molecular formula is C20H25N5O4S. The summed E-state index contributed by atoms with van der Waals surface area (Å²) in [6.07, 6.45) is 3.68. The van der Waals surface area contributed by atoms with Gasteiger partial charge in [-0.3, -0.25) is 0 Å². The van der Waals surface area contributed by atoms with E-state index in [-0.39, 0.29) is 0 Å². The molecule has 0 unspecified atom stereocenters. The maximum absolute atomic E-state index is 12.2. The van der Waals surface area contributed by atoms with Crippen LogP contribution in [0.5, 0.6) is 5.75 Å². The number of benzene rings is 1. The maximum Gasteiger partial charge on any atom is 0.219 e. The van der Waals surface area contributed by atoms with E-state index in [4.69, 9.17) is 9.47 Å². The van der Waals surface area contributed by atoms with Crippen LogP contribution in [0, 0.1) is 0 Å². The number of aromatic nitrogens is 3. The highest BCUT2D eigenvalue weighted by molar-refractivity contribution is 7.89. The van der Waals surface area contributed by atoms with Gasteiger partial charge >= 0.3 is 0 Å². The molecule has 10 heteroatoms. The second kappa shape index (κ2) is 8.21. The van der Waals surface area contributed by atoms with Crippen LogP contribution in [0.4, 0.5) is 5.82 Å². The molecule has 1 aliphatic rings. The first-order valence-electron chi connectivity index (χ1n) is 9.62. The average Bonchev–Trinajstić information content (AvgIpc) is 3.10. The first-order chi connectivity index (χ1) is 14.4. The Kier molecular flexibility index (Phi) is 5.63. The molecule has 0 N–H and O–H groups in total. The third-order valence-electron chi connectivity index (χ3n) is 5.11. The number of rotatable bonds is 8. The first-order valence-corrected chi connectivity index (χ1v) is 11.1. The SMILES string of the molecule is COCCOc1cccc(-n2cc3cnc(N4CC(S(=O)(=O)N(C)C)C4)cc3n2)c1. The summed E-state index contributed by atoms with van der Waals surface area (Å²) in [5.41, 5.74) is 1.67. The Bertz CT molecular complexity index is 1140. The van der Waals surface area contributed by atoms with Crippen LogP contribution < -0.4 is 9.64 Å². The van der Waals surface area contributed by atoms with Gasteiger partial charge in [0.25, 0.3) is 0 Å². The molecule has 2 aromatic heterocycles. The fraction of sp³-hybridized carbons (Fsp3) is 0.400. The van der Waals surface area contributed by atoms with Crippen molar-refractivity contribution in [3.8, 4) is 11.4 Å². The Morgan fingerprint density at radius 1 is 1.20 bits per heavy atom. The van der Waals surface area contributed by atoms with Crippen LogP contribution in [-0.4, -0.2) is 80.2 Å². The number of sulfonamides is 1. The summed E-state index contributed by atoms with van der Waals surface area (Å²) in [7, 11) is 1.52. The van der Waals surface area contributed by atoms with E-state index in [1.165, 1.54) is 4.31 Å². The lowest BCUT2D eigenvalue weighted by molar-refractivity contribution is 0.146. The van der Waals surface area contributed by atoms with Crippen molar-refractivity contribution in [3.63, 3.8) is 0 Å². The molecule has 1 aromatic carbocycles. The van der Waals surface area contributed by atoms with Crippen LogP contribution in [-0.2, 0) is 14.8 Å². The minimum atomic E-state index is -3.24. The second-order valence-electron chi connectivity index (χ2n) is 7.37. The smallest absolute Gasteiger partial charge is 0.219 e. The predicted octanol–water partition coefficient (Wildman–Crippen LogP) is 1.53. The largest absolute Gasteiger partial charge is 0.491 e. The quantitative estimate of drug-likeness (QED) is 0.500. The van der Waals surface area contributed by atoms with Crippen LogP contribution in [0.2, 0.25) is 0 Å². The van der Waals surface area contributed by atoms with Crippen LogP contribution in [0.25, 0.3) is 16.6 Å². The van der Waals surface area contributed by atoms with E-state index in [0.29, 0.717) is 26.3 Å². The molecule has 0 radical (unpaired) electrons. The van der Waals surface area contributed by atoms with Gasteiger partial charge in [-0.25, -0.2) is 22.4 Å². The molecule has 0 amide bonds. The molecule has 1 saturated heterocycles. The molecule has 0 aliphatic carbocycles. The Balaban J connectivity index is 1.51. The third kappa shape index (κ3) is 3.98. The molecule has 4 rings (SSSR count). The molecule has 160 valence electrons. The molecule has 0 saturated carbocycles. The van der Waals surface area contributed by atoms with Gasteiger partial charge in [-0.05, 0) is 12.1 Å². The molecule has 9 nitrogen and oxygen atoms in total. The van der Waals surface area contributed by atoms with E-state index in [1.807, 2.05) is 41.4 Å². The topological polar surface area (TPSA) is 89.8 Å². The van der Waals surface area contributed by atoms with Crippen LogP contribution in [0.1, 0.15) is 0 Å². The number of methoxy groups -OCH3 is 1. The van der Waals surface area contributed by atoms with Gasteiger partial charge in [-0.1, -0.05) is 6.07 Å². The number of hydrogen-bond donors (Lipinski definition) is 0. The fourth-order valence-corrected chi connectivity index (χ4v) is 4.62. The fourth-order valence-electron chi connectivity index (χ4n) is 3.28. The molecule has 0 atom stereocenters. The zero-order valence-electron chi connectivity index (χ0n) is 17.2. The molecule has 0 bridgehead atoms. The van der Waals surface area contributed by atoms with E-state index >= 15 is 0 Å². The third-order valence-corrected chi connectivity index (χ3v) is 7.27. The standard InChI is InChI=1S/C20H25N5O4S/c1-23(2)30(26,27)18-13-24(14-18)20-10-19-15(11-21-20)12-25(22-19)16-5-4-6-17(9-16)29-8-7-28-3/h4-6,9-12,18H,7-8,13-14H2,1-3H3. The zero-order valence-corrected chi connectivity index (χ0v) is 18.0. The van der Waals surface area contributed by atoms with Crippen molar-refractivity contribution in [2.45, 2.75) is 5.25 Å². The van der Waals surface area contributed by atoms with Gasteiger partial charge in [0.05, 0.1) is 17.8 Å². The number of anilines is 1. The molecule has 3 heterocycles. The van der Waals surface area contributed by atoms with Crippen LogP contribution >= 0.6 is 0 Å². The van der Waals surface area contributed by atoms with Crippen molar-refractivity contribution in [1.29, 1.82) is 0 Å². The minimum absolute atomic E-state index is 0.400. The number of fused-ring (bicyclic) bond motifs is 1. The molecule has 1 aliphatic heterocycles. The molecule has 0 spiro atoms. The van der Waals surface area contributed by atoms with Gasteiger partial charge in [0.15, 0.2) is 0 Å². The van der Waals surface area contributed by atoms with Gasteiger partial charge in [-0.15, -0.1) is 0 Å². The van der Waals surface area contributed by atoms with Gasteiger partial charge in [0, 0.05) is 64.2 Å². The number of ether oxygens (including phenoxy) is 2. The maximum atomic E-state index is 12.2. The van der Waals surface area contributed by atoms with Gasteiger partial charge in [0.1, 0.15) is 23.4 Å². The van der Waals surface area contributed by atoms with Gasteiger partial charge < -0.3 is 14.4 Å². The van der Waals surface area contributed by atoms with Crippen LogP contribution in [0.15, 0.2) is 42.7 Å². The van der Waals surface area contributed by atoms with Crippen molar-refractivity contribution >= 4 is 26.7 Å². The first kappa shape index (κ1) is 20.6. The van der Waals surface area contributed by atoms with Crippen molar-refractivity contribution in [2.75, 3.05) is 52.4 Å². The van der Waals surface area contributed by atoms with Crippen molar-refractivity contribution < 1.29 is 17.9 Å². The summed E-state index contributed by atoms with van der Waals surface area (Å²) >= 11 is 0. The summed E-state index contributed by atoms with van der Waals surface area (Å²) in [6.45, 7) is 1.87. The lowest BCUT2D eigenvalue weighted by Crippen LogP contribution is -2.57. The summed E-state index contributed by atoms with van der Waals surface area (Å²) in [4.78, 5) is 6.44. The molecule has 3 aromatic rings. The Labute approximate surface area is 175 Å². The summed E-state index contributed by atoms with van der Waals surface area (Å²) in [5.74, 6) is 1.48. The lowest BCUT2D eigenvalue weighted by atomic mass is 10.2. The van der Waals surface area contributed by atoms with E-state index in [1.54, 1.807) is 32.1 Å². The summed E-state index contributed by atoms with van der Waals surface area (Å²) < 4.78 is 38.2. The van der Waals surface area contributed by atoms with E-state index < -0.39 is 15.3 Å². The normalized spacial score (nSPS) is 15.0. The van der Waals surface area contributed by atoms with Gasteiger partial charge in [0.2, 0.25) is 10.0 Å².